The maximum atomic E-state index is 14.7. The van der Waals surface area contributed by atoms with Gasteiger partial charge in [0.2, 0.25) is 11.9 Å². The Bertz CT molecular complexity index is 1280. The molecule has 1 saturated carbocycles. The molecule has 0 radical (unpaired) electrons. The van der Waals surface area contributed by atoms with Crippen LogP contribution in [0.3, 0.4) is 0 Å². The van der Waals surface area contributed by atoms with E-state index >= 15 is 0 Å². The number of nitrogens with one attached hydrogen (secondary N) is 1. The van der Waals surface area contributed by atoms with Gasteiger partial charge in [-0.2, -0.15) is 0 Å². The van der Waals surface area contributed by atoms with E-state index in [0.717, 1.165) is 60.1 Å². The van der Waals surface area contributed by atoms with Crippen LogP contribution in [-0.2, 0) is 24.3 Å². The molecule has 38 heavy (non-hydrogen) atoms. The fraction of sp³-hybridized carbons (Fsp3) is 0.517. The number of hydrogen-bond donors (Lipinski definition) is 1. The number of amides is 1. The highest BCUT2D eigenvalue weighted by Crippen LogP contribution is 2.49. The van der Waals surface area contributed by atoms with E-state index in [4.69, 9.17) is 4.74 Å². The molecule has 1 saturated heterocycles. The van der Waals surface area contributed by atoms with Gasteiger partial charge in [-0.05, 0) is 74.5 Å². The molecule has 8 nitrogen and oxygen atoms in total. The number of rotatable bonds is 8. The lowest BCUT2D eigenvalue weighted by atomic mass is 9.90. The van der Waals surface area contributed by atoms with Crippen LogP contribution in [0.15, 0.2) is 30.6 Å². The third-order valence-electron chi connectivity index (χ3n) is 8.32. The van der Waals surface area contributed by atoms with Crippen LogP contribution in [0, 0.1) is 37.4 Å². The third kappa shape index (κ3) is 5.37. The van der Waals surface area contributed by atoms with Crippen molar-refractivity contribution < 1.29 is 13.9 Å². The highest BCUT2D eigenvalue weighted by Gasteiger charge is 2.43. The van der Waals surface area contributed by atoms with Crippen molar-refractivity contribution in [2.24, 2.45) is 17.8 Å². The van der Waals surface area contributed by atoms with Crippen molar-refractivity contribution in [3.63, 3.8) is 0 Å². The second-order valence-corrected chi connectivity index (χ2v) is 11.1. The number of piperidine rings is 1. The first kappa shape index (κ1) is 24.8. The van der Waals surface area contributed by atoms with E-state index in [1.165, 1.54) is 25.3 Å². The molecule has 200 valence electrons. The van der Waals surface area contributed by atoms with Gasteiger partial charge in [-0.15, -0.1) is 0 Å². The Hall–Kier alpha value is -3.49. The number of benzene rings is 1. The topological polar surface area (TPSA) is 87.2 Å². The number of hydrogen-bond acceptors (Lipinski definition) is 6. The minimum Gasteiger partial charge on any atom is -0.493 e. The van der Waals surface area contributed by atoms with Crippen molar-refractivity contribution in [1.29, 1.82) is 0 Å². The average molecular weight is 519 g/mol. The number of carbonyl (C=O) groups is 1. The average Bonchev–Trinajstić information content (AvgIpc) is 3.44. The summed E-state index contributed by atoms with van der Waals surface area (Å²) in [5.74, 6) is 3.97. The molecule has 2 aliphatic heterocycles. The normalized spacial score (nSPS) is 21.0. The number of aromatic amines is 1. The smallest absolute Gasteiger partial charge is 0.227 e. The zero-order valence-electron chi connectivity index (χ0n) is 22.1. The van der Waals surface area contributed by atoms with Gasteiger partial charge in [-0.3, -0.25) is 4.79 Å². The molecule has 1 aliphatic carbocycles. The van der Waals surface area contributed by atoms with Crippen molar-refractivity contribution in [2.75, 3.05) is 24.6 Å². The second kappa shape index (κ2) is 10.3. The van der Waals surface area contributed by atoms with Crippen LogP contribution in [0.25, 0.3) is 0 Å². The molecule has 4 heterocycles. The summed E-state index contributed by atoms with van der Waals surface area (Å²) in [6.45, 7) is 7.51. The molecule has 3 aliphatic rings. The van der Waals surface area contributed by atoms with Crippen LogP contribution in [-0.4, -0.2) is 50.4 Å². The molecular formula is C29H35FN6O2. The molecule has 0 bridgehead atoms. The molecular weight excluding hydrogens is 483 g/mol. The van der Waals surface area contributed by atoms with Crippen molar-refractivity contribution in [1.82, 2.24) is 24.8 Å². The molecule has 3 aromatic rings. The SMILES string of the molecule is Cc1cnc(N2CCC([C@H]3C[C@H]3CCOc3ccc(CC(=O)N4Cc5nc(C)[nH]c5C4)c(F)c3)CC2)nc1. The molecule has 2 fully saturated rings. The first-order valence-corrected chi connectivity index (χ1v) is 13.7. The number of ether oxygens (including phenoxy) is 1. The number of anilines is 1. The van der Waals surface area contributed by atoms with Crippen LogP contribution in [0.5, 0.6) is 5.75 Å². The summed E-state index contributed by atoms with van der Waals surface area (Å²) in [7, 11) is 0. The van der Waals surface area contributed by atoms with Gasteiger partial charge in [-0.25, -0.2) is 19.3 Å². The maximum Gasteiger partial charge on any atom is 0.227 e. The second-order valence-electron chi connectivity index (χ2n) is 11.1. The van der Waals surface area contributed by atoms with Gasteiger partial charge in [0.1, 0.15) is 17.4 Å². The van der Waals surface area contributed by atoms with Gasteiger partial charge in [0.15, 0.2) is 0 Å². The quantitative estimate of drug-likeness (QED) is 0.477. The number of halogens is 1. The molecule has 1 N–H and O–H groups in total. The van der Waals surface area contributed by atoms with Gasteiger partial charge in [0, 0.05) is 31.5 Å². The van der Waals surface area contributed by atoms with Crippen LogP contribution in [0.4, 0.5) is 10.3 Å². The summed E-state index contributed by atoms with van der Waals surface area (Å²) >= 11 is 0. The summed E-state index contributed by atoms with van der Waals surface area (Å²) in [5, 5.41) is 0. The Kier molecular flexibility index (Phi) is 6.76. The predicted octanol–water partition coefficient (Wildman–Crippen LogP) is 4.36. The number of imidazole rings is 1. The van der Waals surface area contributed by atoms with Crippen molar-refractivity contribution in [2.45, 2.75) is 59.0 Å². The van der Waals surface area contributed by atoms with Crippen LogP contribution >= 0.6 is 0 Å². The fourth-order valence-electron chi connectivity index (χ4n) is 6.07. The van der Waals surface area contributed by atoms with Crippen LogP contribution < -0.4 is 9.64 Å². The highest BCUT2D eigenvalue weighted by molar-refractivity contribution is 5.79. The Morgan fingerprint density at radius 1 is 1.16 bits per heavy atom. The van der Waals surface area contributed by atoms with E-state index in [0.29, 0.717) is 36.9 Å². The Morgan fingerprint density at radius 2 is 1.95 bits per heavy atom. The minimum absolute atomic E-state index is 0.0357. The molecule has 9 heteroatoms. The number of aryl methyl sites for hydroxylation is 2. The Labute approximate surface area is 222 Å². The number of H-pyrrole nitrogens is 1. The minimum atomic E-state index is -0.392. The van der Waals surface area contributed by atoms with E-state index in [1.807, 2.05) is 26.2 Å². The van der Waals surface area contributed by atoms with E-state index < -0.39 is 5.82 Å². The standard InChI is InChI=1S/C29H35FN6O2/c1-18-14-31-29(32-15-18)35-8-5-20(6-9-35)24-11-21(24)7-10-38-23-4-3-22(25(30)13-23)12-28(37)36-16-26-27(17-36)34-19(2)33-26/h3-4,13-15,20-21,24H,5-12,16-17H2,1-2H3,(H,33,34)/t21-,24-/m1/s1. The summed E-state index contributed by atoms with van der Waals surface area (Å²) < 4.78 is 20.6. The van der Waals surface area contributed by atoms with Crippen LogP contribution in [0.2, 0.25) is 0 Å². The number of carbonyl (C=O) groups excluding carboxylic acids is 1. The molecule has 2 atom stereocenters. The number of nitrogens with zero attached hydrogens (tertiary/aromatic N) is 5. The number of aromatic nitrogens is 4. The number of fused-ring (bicyclic) bond motifs is 1. The van der Waals surface area contributed by atoms with Gasteiger partial charge in [0.05, 0.1) is 37.5 Å². The molecule has 2 aromatic heterocycles. The first-order chi connectivity index (χ1) is 18.4. The summed E-state index contributed by atoms with van der Waals surface area (Å²) in [6, 6.07) is 4.86. The largest absolute Gasteiger partial charge is 0.493 e. The molecule has 1 aromatic carbocycles. The Morgan fingerprint density at radius 3 is 2.68 bits per heavy atom. The van der Waals surface area contributed by atoms with Crippen molar-refractivity contribution in [3.05, 3.63) is 64.7 Å². The van der Waals surface area contributed by atoms with Gasteiger partial charge in [-0.1, -0.05) is 6.07 Å². The lowest BCUT2D eigenvalue weighted by Gasteiger charge is -2.32. The summed E-state index contributed by atoms with van der Waals surface area (Å²) in [5.41, 5.74) is 3.36. The lowest BCUT2D eigenvalue weighted by Crippen LogP contribution is -2.35. The Balaban J connectivity index is 0.919. The fourth-order valence-corrected chi connectivity index (χ4v) is 6.07. The van der Waals surface area contributed by atoms with Crippen molar-refractivity contribution >= 4 is 11.9 Å². The van der Waals surface area contributed by atoms with Crippen molar-refractivity contribution in [3.8, 4) is 5.75 Å². The van der Waals surface area contributed by atoms with E-state index in [9.17, 15) is 9.18 Å². The monoisotopic (exact) mass is 518 g/mol. The maximum absolute atomic E-state index is 14.7. The zero-order valence-corrected chi connectivity index (χ0v) is 22.1. The summed E-state index contributed by atoms with van der Waals surface area (Å²) in [4.78, 5) is 33.2. The molecule has 0 unspecified atom stereocenters. The van der Waals surface area contributed by atoms with E-state index in [-0.39, 0.29) is 12.3 Å². The van der Waals surface area contributed by atoms with E-state index in [2.05, 4.69) is 24.8 Å². The van der Waals surface area contributed by atoms with E-state index in [1.54, 1.807) is 17.0 Å². The van der Waals surface area contributed by atoms with Gasteiger partial charge in [0.25, 0.3) is 0 Å². The third-order valence-corrected chi connectivity index (χ3v) is 8.32. The van der Waals surface area contributed by atoms with Crippen LogP contribution in [0.1, 0.15) is 54.0 Å². The molecule has 1 amide bonds. The predicted molar refractivity (Wildman–Crippen MR) is 141 cm³/mol. The first-order valence-electron chi connectivity index (χ1n) is 13.7. The summed E-state index contributed by atoms with van der Waals surface area (Å²) in [6.07, 6.45) is 8.43. The lowest BCUT2D eigenvalue weighted by molar-refractivity contribution is -0.131. The molecule has 0 spiro atoms. The zero-order chi connectivity index (χ0) is 26.2. The molecule has 6 rings (SSSR count). The van der Waals surface area contributed by atoms with Gasteiger partial charge < -0.3 is 19.5 Å². The highest BCUT2D eigenvalue weighted by atomic mass is 19.1. The van der Waals surface area contributed by atoms with Gasteiger partial charge >= 0.3 is 0 Å².